The van der Waals surface area contributed by atoms with Gasteiger partial charge in [-0.15, -0.1) is 0 Å². The van der Waals surface area contributed by atoms with E-state index in [4.69, 9.17) is 5.73 Å². The summed E-state index contributed by atoms with van der Waals surface area (Å²) in [5, 5.41) is 5.64. The SMILES string of the molecule is CC(NC1C(=O)Nc2ccccc21)C(N)=O. The number of benzene rings is 1. The van der Waals surface area contributed by atoms with Gasteiger partial charge in [-0.2, -0.15) is 0 Å². The predicted molar refractivity (Wildman–Crippen MR) is 59.6 cm³/mol. The van der Waals surface area contributed by atoms with Crippen LogP contribution < -0.4 is 16.4 Å². The number of hydrogen-bond donors (Lipinski definition) is 3. The number of hydrogen-bond acceptors (Lipinski definition) is 3. The lowest BCUT2D eigenvalue weighted by Crippen LogP contribution is -2.42. The van der Waals surface area contributed by atoms with Gasteiger partial charge in [0.25, 0.3) is 0 Å². The highest BCUT2D eigenvalue weighted by Gasteiger charge is 2.31. The van der Waals surface area contributed by atoms with Gasteiger partial charge in [-0.3, -0.25) is 14.9 Å². The Hall–Kier alpha value is -1.88. The fourth-order valence-electron chi connectivity index (χ4n) is 1.71. The largest absolute Gasteiger partial charge is 0.368 e. The number of fused-ring (bicyclic) bond motifs is 1. The third-order valence-electron chi connectivity index (χ3n) is 2.64. The predicted octanol–water partition coefficient (Wildman–Crippen LogP) is 0.143. The van der Waals surface area contributed by atoms with Gasteiger partial charge in [-0.1, -0.05) is 18.2 Å². The molecule has 4 N–H and O–H groups in total. The van der Waals surface area contributed by atoms with Crippen LogP contribution in [0, 0.1) is 0 Å². The summed E-state index contributed by atoms with van der Waals surface area (Å²) < 4.78 is 0. The molecule has 0 saturated carbocycles. The molecule has 16 heavy (non-hydrogen) atoms. The molecule has 0 aromatic heterocycles. The molecule has 0 aliphatic carbocycles. The molecule has 2 amide bonds. The summed E-state index contributed by atoms with van der Waals surface area (Å²) in [6, 6.07) is 6.32. The maximum Gasteiger partial charge on any atom is 0.246 e. The molecule has 2 atom stereocenters. The molecule has 84 valence electrons. The van der Waals surface area contributed by atoms with E-state index in [9.17, 15) is 9.59 Å². The van der Waals surface area contributed by atoms with Crippen LogP contribution in [0.15, 0.2) is 24.3 Å². The van der Waals surface area contributed by atoms with Crippen LogP contribution in [0.2, 0.25) is 0 Å². The fraction of sp³-hybridized carbons (Fsp3) is 0.273. The molecule has 0 radical (unpaired) electrons. The quantitative estimate of drug-likeness (QED) is 0.676. The Morgan fingerprint density at radius 3 is 2.88 bits per heavy atom. The number of primary amides is 1. The lowest BCUT2D eigenvalue weighted by atomic mass is 10.1. The van der Waals surface area contributed by atoms with E-state index in [1.54, 1.807) is 6.92 Å². The molecule has 2 unspecified atom stereocenters. The van der Waals surface area contributed by atoms with E-state index in [-0.39, 0.29) is 5.91 Å². The second-order valence-corrected chi connectivity index (χ2v) is 3.80. The van der Waals surface area contributed by atoms with Crippen molar-refractivity contribution in [2.75, 3.05) is 5.32 Å². The molecule has 1 aromatic carbocycles. The number of nitrogens with one attached hydrogen (secondary N) is 2. The van der Waals surface area contributed by atoms with Crippen molar-refractivity contribution in [3.8, 4) is 0 Å². The van der Waals surface area contributed by atoms with E-state index in [0.29, 0.717) is 0 Å². The minimum Gasteiger partial charge on any atom is -0.368 e. The molecule has 5 heteroatoms. The first-order valence-electron chi connectivity index (χ1n) is 5.04. The number of nitrogens with two attached hydrogens (primary N) is 1. The van der Waals surface area contributed by atoms with Crippen molar-refractivity contribution in [3.05, 3.63) is 29.8 Å². The third kappa shape index (κ3) is 1.77. The number of amides is 2. The molecule has 1 heterocycles. The Kier molecular flexibility index (Phi) is 2.62. The molecular formula is C11H13N3O2. The summed E-state index contributed by atoms with van der Waals surface area (Å²) in [6.45, 7) is 1.64. The third-order valence-corrected chi connectivity index (χ3v) is 2.64. The van der Waals surface area contributed by atoms with Gasteiger partial charge in [0.1, 0.15) is 6.04 Å². The van der Waals surface area contributed by atoms with E-state index >= 15 is 0 Å². The highest BCUT2D eigenvalue weighted by atomic mass is 16.2. The first kappa shape index (κ1) is 10.6. The minimum absolute atomic E-state index is 0.158. The van der Waals surface area contributed by atoms with E-state index in [1.165, 1.54) is 0 Å². The van der Waals surface area contributed by atoms with Gasteiger partial charge in [0, 0.05) is 11.3 Å². The fourth-order valence-corrected chi connectivity index (χ4v) is 1.71. The van der Waals surface area contributed by atoms with E-state index in [1.807, 2.05) is 24.3 Å². The van der Waals surface area contributed by atoms with Gasteiger partial charge in [-0.05, 0) is 13.0 Å². The second kappa shape index (κ2) is 3.94. The summed E-state index contributed by atoms with van der Waals surface area (Å²) in [5.74, 6) is -0.633. The smallest absolute Gasteiger partial charge is 0.246 e. The van der Waals surface area contributed by atoms with Crippen molar-refractivity contribution in [1.29, 1.82) is 0 Å². The average molecular weight is 219 g/mol. The van der Waals surface area contributed by atoms with Crippen molar-refractivity contribution in [2.24, 2.45) is 5.73 Å². The van der Waals surface area contributed by atoms with Crippen LogP contribution >= 0.6 is 0 Å². The van der Waals surface area contributed by atoms with E-state index in [2.05, 4.69) is 10.6 Å². The zero-order valence-electron chi connectivity index (χ0n) is 8.86. The summed E-state index contributed by atoms with van der Waals surface area (Å²) in [4.78, 5) is 22.6. The average Bonchev–Trinajstić information content (AvgIpc) is 2.55. The summed E-state index contributed by atoms with van der Waals surface area (Å²) in [5.41, 5.74) is 6.77. The first-order valence-corrected chi connectivity index (χ1v) is 5.04. The Balaban J connectivity index is 2.22. The highest BCUT2D eigenvalue weighted by molar-refractivity contribution is 6.02. The molecule has 0 bridgehead atoms. The standard InChI is InChI=1S/C11H13N3O2/c1-6(10(12)15)13-9-7-4-2-3-5-8(7)14-11(9)16/h2-6,9,13H,1H3,(H2,12,15)(H,14,16). The first-order chi connectivity index (χ1) is 7.59. The van der Waals surface area contributed by atoms with Crippen LogP contribution in [0.3, 0.4) is 0 Å². The van der Waals surface area contributed by atoms with Gasteiger partial charge in [0.2, 0.25) is 11.8 Å². The molecule has 5 nitrogen and oxygen atoms in total. The van der Waals surface area contributed by atoms with Gasteiger partial charge in [0.15, 0.2) is 0 Å². The molecular weight excluding hydrogens is 206 g/mol. The van der Waals surface area contributed by atoms with Gasteiger partial charge >= 0.3 is 0 Å². The summed E-state index contributed by atoms with van der Waals surface area (Å²) in [6.07, 6.45) is 0. The molecule has 0 spiro atoms. The normalized spacial score (nSPS) is 20.1. The molecule has 1 aliphatic heterocycles. The van der Waals surface area contributed by atoms with E-state index < -0.39 is 18.0 Å². The number of carbonyl (C=O) groups excluding carboxylic acids is 2. The lowest BCUT2D eigenvalue weighted by molar-refractivity contribution is -0.121. The second-order valence-electron chi connectivity index (χ2n) is 3.80. The van der Waals surface area contributed by atoms with Crippen LogP contribution in [-0.2, 0) is 9.59 Å². The highest BCUT2D eigenvalue weighted by Crippen LogP contribution is 2.30. The van der Waals surface area contributed by atoms with Crippen LogP contribution in [0.4, 0.5) is 5.69 Å². The molecule has 1 aliphatic rings. The number of anilines is 1. The minimum atomic E-state index is -0.540. The van der Waals surface area contributed by atoms with E-state index in [0.717, 1.165) is 11.3 Å². The molecule has 0 fully saturated rings. The number of rotatable bonds is 3. The lowest BCUT2D eigenvalue weighted by Gasteiger charge is -2.15. The van der Waals surface area contributed by atoms with Crippen LogP contribution in [0.1, 0.15) is 18.5 Å². The van der Waals surface area contributed by atoms with Crippen molar-refractivity contribution in [1.82, 2.24) is 5.32 Å². The van der Waals surface area contributed by atoms with Crippen molar-refractivity contribution >= 4 is 17.5 Å². The Labute approximate surface area is 93.0 Å². The van der Waals surface area contributed by atoms with Gasteiger partial charge < -0.3 is 11.1 Å². The zero-order chi connectivity index (χ0) is 11.7. The number of carbonyl (C=O) groups is 2. The Morgan fingerprint density at radius 1 is 1.50 bits per heavy atom. The molecule has 1 aromatic rings. The van der Waals surface area contributed by atoms with Crippen molar-refractivity contribution in [2.45, 2.75) is 19.0 Å². The maximum absolute atomic E-state index is 11.7. The Morgan fingerprint density at radius 2 is 2.19 bits per heavy atom. The van der Waals surface area contributed by atoms with Crippen LogP contribution in [0.25, 0.3) is 0 Å². The number of para-hydroxylation sites is 1. The monoisotopic (exact) mass is 219 g/mol. The topological polar surface area (TPSA) is 84.2 Å². The summed E-state index contributed by atoms with van der Waals surface area (Å²) >= 11 is 0. The zero-order valence-corrected chi connectivity index (χ0v) is 8.86. The van der Waals surface area contributed by atoms with Crippen LogP contribution in [-0.4, -0.2) is 17.9 Å². The van der Waals surface area contributed by atoms with Crippen molar-refractivity contribution < 1.29 is 9.59 Å². The molecule has 0 saturated heterocycles. The van der Waals surface area contributed by atoms with Crippen LogP contribution in [0.5, 0.6) is 0 Å². The summed E-state index contributed by atoms with van der Waals surface area (Å²) in [7, 11) is 0. The maximum atomic E-state index is 11.7. The van der Waals surface area contributed by atoms with Gasteiger partial charge in [0.05, 0.1) is 6.04 Å². The van der Waals surface area contributed by atoms with Gasteiger partial charge in [-0.25, -0.2) is 0 Å². The van der Waals surface area contributed by atoms with Crippen molar-refractivity contribution in [3.63, 3.8) is 0 Å². The molecule has 2 rings (SSSR count). The Bertz CT molecular complexity index is 445.